The van der Waals surface area contributed by atoms with E-state index in [-0.39, 0.29) is 12.4 Å². The van der Waals surface area contributed by atoms with Crippen LogP contribution >= 0.6 is 35.0 Å². The van der Waals surface area contributed by atoms with Gasteiger partial charge >= 0.3 is 0 Å². The summed E-state index contributed by atoms with van der Waals surface area (Å²) in [6, 6.07) is 0. The zero-order chi connectivity index (χ0) is 10.8. The summed E-state index contributed by atoms with van der Waals surface area (Å²) in [5, 5.41) is 8.04. The van der Waals surface area contributed by atoms with Gasteiger partial charge in [-0.25, -0.2) is 0 Å². The molecule has 0 aliphatic carbocycles. The fourth-order valence-corrected chi connectivity index (χ4v) is 2.56. The second-order valence-corrected chi connectivity index (χ2v) is 5.46. The van der Waals surface area contributed by atoms with Crippen LogP contribution in [0.5, 0.6) is 0 Å². The van der Waals surface area contributed by atoms with E-state index >= 15 is 0 Å². The number of nitrogens with one attached hydrogen (secondary N) is 1. The maximum atomic E-state index is 4.59. The molecule has 0 spiro atoms. The van der Waals surface area contributed by atoms with Crippen LogP contribution in [0.2, 0.25) is 0 Å². The molecule has 1 saturated heterocycles. The maximum absolute atomic E-state index is 4.59. The van der Waals surface area contributed by atoms with Gasteiger partial charge in [-0.1, -0.05) is 0 Å². The number of piperidine rings is 1. The SMILES string of the molecule is Cc1nn(CC2CCCNC2)c(C)c1I.Cl. The fourth-order valence-electron chi connectivity index (χ4n) is 2.18. The van der Waals surface area contributed by atoms with Crippen molar-refractivity contribution in [1.82, 2.24) is 15.1 Å². The van der Waals surface area contributed by atoms with Gasteiger partial charge in [0.1, 0.15) is 0 Å². The molecule has 0 bridgehead atoms. The Labute approximate surface area is 117 Å². The van der Waals surface area contributed by atoms with Gasteiger partial charge in [-0.05, 0) is 68.3 Å². The van der Waals surface area contributed by atoms with Crippen LogP contribution in [0.4, 0.5) is 0 Å². The highest BCUT2D eigenvalue weighted by molar-refractivity contribution is 14.1. The number of halogens is 2. The van der Waals surface area contributed by atoms with Crippen LogP contribution < -0.4 is 5.32 Å². The molecule has 5 heteroatoms. The first-order valence-corrected chi connectivity index (χ1v) is 6.66. The highest BCUT2D eigenvalue weighted by Gasteiger charge is 2.16. The van der Waals surface area contributed by atoms with Gasteiger partial charge in [0, 0.05) is 12.2 Å². The standard InChI is InChI=1S/C11H18IN3.ClH/c1-8-11(12)9(2)15(14-8)7-10-4-3-5-13-6-10;/h10,13H,3-7H2,1-2H3;1H. The third-order valence-corrected chi connectivity index (χ3v) is 4.68. The number of hydrogen-bond donors (Lipinski definition) is 1. The number of aromatic nitrogens is 2. The molecule has 1 aliphatic heterocycles. The van der Waals surface area contributed by atoms with Crippen molar-refractivity contribution < 1.29 is 0 Å². The lowest BCUT2D eigenvalue weighted by atomic mass is 10.00. The average molecular weight is 356 g/mol. The van der Waals surface area contributed by atoms with Crippen LogP contribution in [0.1, 0.15) is 24.2 Å². The molecule has 1 atom stereocenters. The van der Waals surface area contributed by atoms with E-state index in [4.69, 9.17) is 0 Å². The van der Waals surface area contributed by atoms with Crippen LogP contribution in [0.3, 0.4) is 0 Å². The maximum Gasteiger partial charge on any atom is 0.0729 e. The van der Waals surface area contributed by atoms with E-state index in [0.717, 1.165) is 24.7 Å². The molecule has 0 radical (unpaired) electrons. The molecule has 1 aliphatic rings. The van der Waals surface area contributed by atoms with Gasteiger partial charge in [0.15, 0.2) is 0 Å². The molecule has 1 N–H and O–H groups in total. The molecule has 1 unspecified atom stereocenters. The number of nitrogens with zero attached hydrogens (tertiary/aromatic N) is 2. The molecule has 3 nitrogen and oxygen atoms in total. The molecule has 92 valence electrons. The molecule has 0 aromatic carbocycles. The van der Waals surface area contributed by atoms with Gasteiger partial charge in [-0.3, -0.25) is 4.68 Å². The molecular formula is C11H19ClIN3. The molecule has 2 heterocycles. The molecule has 0 amide bonds. The highest BCUT2D eigenvalue weighted by atomic mass is 127. The third kappa shape index (κ3) is 3.11. The number of hydrogen-bond acceptors (Lipinski definition) is 2. The van der Waals surface area contributed by atoms with Crippen LogP contribution in [0.25, 0.3) is 0 Å². The Kier molecular flexibility index (Phi) is 5.53. The van der Waals surface area contributed by atoms with Crippen molar-refractivity contribution in [2.24, 2.45) is 5.92 Å². The summed E-state index contributed by atoms with van der Waals surface area (Å²) in [6.07, 6.45) is 2.64. The lowest BCUT2D eigenvalue weighted by molar-refractivity contribution is 0.322. The Balaban J connectivity index is 0.00000128. The van der Waals surface area contributed by atoms with Gasteiger partial charge in [-0.2, -0.15) is 5.10 Å². The van der Waals surface area contributed by atoms with Crippen LogP contribution in [-0.2, 0) is 6.54 Å². The van der Waals surface area contributed by atoms with E-state index in [9.17, 15) is 0 Å². The molecule has 1 aromatic heterocycles. The van der Waals surface area contributed by atoms with E-state index in [1.165, 1.54) is 28.7 Å². The van der Waals surface area contributed by atoms with Crippen molar-refractivity contribution in [2.75, 3.05) is 13.1 Å². The highest BCUT2D eigenvalue weighted by Crippen LogP contribution is 2.18. The molecule has 0 saturated carbocycles. The monoisotopic (exact) mass is 355 g/mol. The number of aryl methyl sites for hydroxylation is 1. The van der Waals surface area contributed by atoms with E-state index < -0.39 is 0 Å². The van der Waals surface area contributed by atoms with Crippen molar-refractivity contribution in [3.05, 3.63) is 15.0 Å². The zero-order valence-electron chi connectivity index (χ0n) is 9.79. The third-order valence-electron chi connectivity index (χ3n) is 3.12. The quantitative estimate of drug-likeness (QED) is 0.826. The summed E-state index contributed by atoms with van der Waals surface area (Å²) in [5.74, 6) is 0.757. The minimum absolute atomic E-state index is 0. The predicted molar refractivity (Wildman–Crippen MR) is 77.3 cm³/mol. The van der Waals surface area contributed by atoms with Crippen molar-refractivity contribution in [3.63, 3.8) is 0 Å². The normalized spacial score (nSPS) is 20.6. The van der Waals surface area contributed by atoms with Crippen LogP contribution in [0.15, 0.2) is 0 Å². The second kappa shape index (κ2) is 6.21. The number of rotatable bonds is 2. The lowest BCUT2D eigenvalue weighted by Gasteiger charge is -2.23. The predicted octanol–water partition coefficient (Wildman–Crippen LogP) is 2.53. The van der Waals surface area contributed by atoms with Crippen LogP contribution in [-0.4, -0.2) is 22.9 Å². The molecular weight excluding hydrogens is 336 g/mol. The fraction of sp³-hybridized carbons (Fsp3) is 0.727. The van der Waals surface area contributed by atoms with Gasteiger partial charge in [0.2, 0.25) is 0 Å². The Morgan fingerprint density at radius 3 is 2.75 bits per heavy atom. The summed E-state index contributed by atoms with van der Waals surface area (Å²) in [6.45, 7) is 7.66. The van der Waals surface area contributed by atoms with E-state index in [0.29, 0.717) is 0 Å². The molecule has 2 rings (SSSR count). The molecule has 1 fully saturated rings. The Morgan fingerprint density at radius 1 is 1.50 bits per heavy atom. The first-order valence-electron chi connectivity index (χ1n) is 5.58. The summed E-state index contributed by atoms with van der Waals surface area (Å²) < 4.78 is 3.49. The Morgan fingerprint density at radius 2 is 2.25 bits per heavy atom. The minimum atomic E-state index is 0. The van der Waals surface area contributed by atoms with Gasteiger partial charge < -0.3 is 5.32 Å². The van der Waals surface area contributed by atoms with Crippen molar-refractivity contribution in [3.8, 4) is 0 Å². The average Bonchev–Trinajstić information content (AvgIpc) is 2.48. The van der Waals surface area contributed by atoms with Crippen molar-refractivity contribution in [2.45, 2.75) is 33.2 Å². The minimum Gasteiger partial charge on any atom is -0.316 e. The van der Waals surface area contributed by atoms with Gasteiger partial charge in [0.05, 0.1) is 9.26 Å². The smallest absolute Gasteiger partial charge is 0.0729 e. The van der Waals surface area contributed by atoms with Gasteiger partial charge in [0.25, 0.3) is 0 Å². The van der Waals surface area contributed by atoms with Crippen molar-refractivity contribution in [1.29, 1.82) is 0 Å². The Hall–Kier alpha value is 0.190. The second-order valence-electron chi connectivity index (χ2n) is 4.38. The topological polar surface area (TPSA) is 29.9 Å². The molecule has 16 heavy (non-hydrogen) atoms. The summed E-state index contributed by atoms with van der Waals surface area (Å²) >= 11 is 2.38. The van der Waals surface area contributed by atoms with E-state index in [1.807, 2.05) is 0 Å². The summed E-state index contributed by atoms with van der Waals surface area (Å²) in [7, 11) is 0. The molecule has 1 aromatic rings. The first-order chi connectivity index (χ1) is 7.18. The largest absolute Gasteiger partial charge is 0.316 e. The Bertz CT molecular complexity index is 345. The van der Waals surface area contributed by atoms with Crippen LogP contribution in [0, 0.1) is 23.3 Å². The van der Waals surface area contributed by atoms with E-state index in [2.05, 4.69) is 51.5 Å². The van der Waals surface area contributed by atoms with Gasteiger partial charge in [-0.15, -0.1) is 12.4 Å². The zero-order valence-corrected chi connectivity index (χ0v) is 12.8. The summed E-state index contributed by atoms with van der Waals surface area (Å²) in [4.78, 5) is 0. The van der Waals surface area contributed by atoms with E-state index in [1.54, 1.807) is 0 Å². The summed E-state index contributed by atoms with van der Waals surface area (Å²) in [5.41, 5.74) is 2.48. The first kappa shape index (κ1) is 14.3. The lowest BCUT2D eigenvalue weighted by Crippen LogP contribution is -2.32. The van der Waals surface area contributed by atoms with Crippen molar-refractivity contribution >= 4 is 35.0 Å².